The molecular weight excluding hydrogens is 338 g/mol. The molecule has 0 spiro atoms. The van der Waals surface area contributed by atoms with Gasteiger partial charge < -0.3 is 14.5 Å². The molecule has 0 radical (unpaired) electrons. The summed E-state index contributed by atoms with van der Waals surface area (Å²) in [5, 5.41) is 0.917. The highest BCUT2D eigenvalue weighted by molar-refractivity contribution is 7.13. The molecule has 1 aliphatic rings. The highest BCUT2D eigenvalue weighted by Gasteiger charge is 2.28. The molecule has 0 aliphatic carbocycles. The van der Waals surface area contributed by atoms with Crippen molar-refractivity contribution in [3.05, 3.63) is 28.0 Å². The number of hydrogen-bond donors (Lipinski definition) is 0. The molecule has 0 aromatic carbocycles. The summed E-state index contributed by atoms with van der Waals surface area (Å²) in [7, 11) is 3.81. The molecule has 2 aromatic rings. The van der Waals surface area contributed by atoms with Gasteiger partial charge in [-0.25, -0.2) is 15.0 Å². The number of hydrogen-bond acceptors (Lipinski definition) is 7. The topological polar surface area (TPSA) is 71.5 Å². The molecule has 0 saturated carbocycles. The van der Waals surface area contributed by atoms with Crippen LogP contribution in [0, 0.1) is 13.8 Å². The van der Waals surface area contributed by atoms with Gasteiger partial charge in [-0.15, -0.1) is 11.3 Å². The van der Waals surface area contributed by atoms with Crippen molar-refractivity contribution in [2.45, 2.75) is 32.8 Å². The third kappa shape index (κ3) is 3.89. The van der Waals surface area contributed by atoms with Crippen LogP contribution < -0.4 is 9.64 Å². The molecule has 0 N–H and O–H groups in total. The molecule has 7 nitrogen and oxygen atoms in total. The van der Waals surface area contributed by atoms with Crippen molar-refractivity contribution >= 4 is 23.1 Å². The van der Waals surface area contributed by atoms with Crippen molar-refractivity contribution < 1.29 is 9.53 Å². The number of anilines is 1. The minimum absolute atomic E-state index is 0.0448. The number of nitrogens with zero attached hydrogens (tertiary/aromatic N) is 5. The molecule has 1 atom stereocenters. The highest BCUT2D eigenvalue weighted by Crippen LogP contribution is 2.26. The molecule has 1 amide bonds. The third-order valence-corrected chi connectivity index (χ3v) is 5.17. The standard InChI is InChI=1S/C17H23N5O2S/c1-11-14(25-12(2)20-11)17(23)22-9-5-6-13(10-22)24-16-15(21(3)4)18-7-8-19-16/h7-8,13H,5-6,9-10H2,1-4H3. The van der Waals surface area contributed by atoms with Crippen molar-refractivity contribution in [2.24, 2.45) is 0 Å². The van der Waals surface area contributed by atoms with Crippen LogP contribution in [-0.2, 0) is 0 Å². The number of likely N-dealkylation sites (tertiary alicyclic amines) is 1. The van der Waals surface area contributed by atoms with E-state index >= 15 is 0 Å². The average molecular weight is 361 g/mol. The van der Waals surface area contributed by atoms with Gasteiger partial charge >= 0.3 is 0 Å². The normalized spacial score (nSPS) is 17.4. The molecule has 1 fully saturated rings. The Morgan fingerprint density at radius 3 is 2.76 bits per heavy atom. The van der Waals surface area contributed by atoms with Crippen LogP contribution in [0.25, 0.3) is 0 Å². The van der Waals surface area contributed by atoms with E-state index in [4.69, 9.17) is 4.74 Å². The first-order valence-corrected chi connectivity index (χ1v) is 9.15. The number of carbonyl (C=O) groups excluding carboxylic acids is 1. The lowest BCUT2D eigenvalue weighted by molar-refractivity contribution is 0.0531. The second-order valence-electron chi connectivity index (χ2n) is 6.36. The molecule has 1 saturated heterocycles. The zero-order valence-corrected chi connectivity index (χ0v) is 15.8. The first-order chi connectivity index (χ1) is 12.0. The van der Waals surface area contributed by atoms with E-state index in [9.17, 15) is 4.79 Å². The van der Waals surface area contributed by atoms with Gasteiger partial charge in [0.2, 0.25) is 0 Å². The van der Waals surface area contributed by atoms with E-state index in [0.717, 1.165) is 35.0 Å². The minimum atomic E-state index is -0.0811. The van der Waals surface area contributed by atoms with Crippen molar-refractivity contribution in [1.29, 1.82) is 0 Å². The van der Waals surface area contributed by atoms with Crippen LogP contribution in [0.15, 0.2) is 12.4 Å². The van der Waals surface area contributed by atoms with Crippen LogP contribution in [0.2, 0.25) is 0 Å². The van der Waals surface area contributed by atoms with E-state index in [1.54, 1.807) is 12.4 Å². The predicted molar refractivity (Wildman–Crippen MR) is 97.5 cm³/mol. The Morgan fingerprint density at radius 2 is 2.08 bits per heavy atom. The molecule has 1 unspecified atom stereocenters. The Morgan fingerprint density at radius 1 is 1.32 bits per heavy atom. The van der Waals surface area contributed by atoms with E-state index in [1.165, 1.54) is 11.3 Å². The second-order valence-corrected chi connectivity index (χ2v) is 7.56. The maximum atomic E-state index is 12.8. The van der Waals surface area contributed by atoms with Gasteiger partial charge in [0, 0.05) is 33.0 Å². The summed E-state index contributed by atoms with van der Waals surface area (Å²) in [6.45, 7) is 5.11. The van der Waals surface area contributed by atoms with Crippen molar-refractivity contribution in [2.75, 3.05) is 32.1 Å². The molecule has 8 heteroatoms. The maximum absolute atomic E-state index is 12.8. The SMILES string of the molecule is Cc1nc(C)c(C(=O)N2CCCC(Oc3nccnc3N(C)C)C2)s1. The van der Waals surface area contributed by atoms with Gasteiger partial charge in [0.1, 0.15) is 11.0 Å². The van der Waals surface area contributed by atoms with E-state index in [-0.39, 0.29) is 12.0 Å². The zero-order valence-electron chi connectivity index (χ0n) is 15.0. The van der Waals surface area contributed by atoms with Gasteiger partial charge in [-0.3, -0.25) is 4.79 Å². The van der Waals surface area contributed by atoms with Crippen LogP contribution in [-0.4, -0.2) is 59.0 Å². The summed E-state index contributed by atoms with van der Waals surface area (Å²) >= 11 is 1.46. The molecule has 2 aromatic heterocycles. The van der Waals surface area contributed by atoms with Crippen molar-refractivity contribution in [3.63, 3.8) is 0 Å². The molecular formula is C17H23N5O2S. The molecule has 25 heavy (non-hydrogen) atoms. The Hall–Kier alpha value is -2.22. The van der Waals surface area contributed by atoms with Gasteiger partial charge in [-0.05, 0) is 26.7 Å². The largest absolute Gasteiger partial charge is 0.470 e. The Bertz CT molecular complexity index is 761. The zero-order chi connectivity index (χ0) is 18.0. The number of aryl methyl sites for hydroxylation is 2. The summed E-state index contributed by atoms with van der Waals surface area (Å²) < 4.78 is 6.08. The number of ether oxygens (including phenoxy) is 1. The Kier molecular flexibility index (Phi) is 5.17. The monoisotopic (exact) mass is 361 g/mol. The van der Waals surface area contributed by atoms with E-state index in [2.05, 4.69) is 15.0 Å². The van der Waals surface area contributed by atoms with Crippen LogP contribution in [0.4, 0.5) is 5.82 Å². The van der Waals surface area contributed by atoms with E-state index < -0.39 is 0 Å². The quantitative estimate of drug-likeness (QED) is 0.832. The summed E-state index contributed by atoms with van der Waals surface area (Å²) in [4.78, 5) is 30.2. The van der Waals surface area contributed by atoms with Crippen LogP contribution >= 0.6 is 11.3 Å². The molecule has 1 aliphatic heterocycles. The van der Waals surface area contributed by atoms with Crippen molar-refractivity contribution in [3.8, 4) is 5.88 Å². The Labute approximate surface area is 151 Å². The first kappa shape index (κ1) is 17.6. The maximum Gasteiger partial charge on any atom is 0.265 e. The van der Waals surface area contributed by atoms with Gasteiger partial charge in [0.25, 0.3) is 11.8 Å². The molecule has 3 rings (SSSR count). The Balaban J connectivity index is 1.71. The van der Waals surface area contributed by atoms with E-state index in [1.807, 2.05) is 37.7 Å². The minimum Gasteiger partial charge on any atom is -0.470 e. The first-order valence-electron chi connectivity index (χ1n) is 8.34. The molecule has 3 heterocycles. The van der Waals surface area contributed by atoms with Crippen LogP contribution in [0.1, 0.15) is 33.2 Å². The predicted octanol–water partition coefficient (Wildman–Crippen LogP) is 2.30. The summed E-state index contributed by atoms with van der Waals surface area (Å²) in [5.41, 5.74) is 0.805. The molecule has 134 valence electrons. The number of thiazole rings is 1. The fraction of sp³-hybridized carbons (Fsp3) is 0.529. The van der Waals surface area contributed by atoms with Crippen LogP contribution in [0.3, 0.4) is 0 Å². The lowest BCUT2D eigenvalue weighted by atomic mass is 10.1. The number of carbonyl (C=O) groups is 1. The summed E-state index contributed by atoms with van der Waals surface area (Å²) in [6, 6.07) is 0. The molecule has 0 bridgehead atoms. The number of piperidine rings is 1. The third-order valence-electron chi connectivity index (χ3n) is 4.11. The number of aromatic nitrogens is 3. The van der Waals surface area contributed by atoms with Gasteiger partial charge in [0.15, 0.2) is 5.82 Å². The second kappa shape index (κ2) is 7.35. The van der Waals surface area contributed by atoms with Crippen molar-refractivity contribution in [1.82, 2.24) is 19.9 Å². The lowest BCUT2D eigenvalue weighted by Crippen LogP contribution is -2.44. The lowest BCUT2D eigenvalue weighted by Gasteiger charge is -2.32. The highest BCUT2D eigenvalue weighted by atomic mass is 32.1. The number of rotatable bonds is 4. The van der Waals surface area contributed by atoms with Gasteiger partial charge in [-0.2, -0.15) is 0 Å². The van der Waals surface area contributed by atoms with E-state index in [0.29, 0.717) is 18.2 Å². The summed E-state index contributed by atoms with van der Waals surface area (Å²) in [6.07, 6.45) is 4.99. The fourth-order valence-electron chi connectivity index (χ4n) is 2.96. The average Bonchev–Trinajstić information content (AvgIpc) is 2.93. The smallest absolute Gasteiger partial charge is 0.265 e. The summed E-state index contributed by atoms with van der Waals surface area (Å²) in [5.74, 6) is 1.25. The number of amides is 1. The van der Waals surface area contributed by atoms with Gasteiger partial charge in [-0.1, -0.05) is 0 Å². The van der Waals surface area contributed by atoms with Crippen LogP contribution in [0.5, 0.6) is 5.88 Å². The van der Waals surface area contributed by atoms with Gasteiger partial charge in [0.05, 0.1) is 17.2 Å². The fourth-order valence-corrected chi connectivity index (χ4v) is 3.85.